The first-order valence-electron chi connectivity index (χ1n) is 8.99. The number of nitrogens with zero attached hydrogens (tertiary/aromatic N) is 4. The van der Waals surface area contributed by atoms with Gasteiger partial charge in [-0.25, -0.2) is 8.78 Å². The normalized spacial score (nSPS) is 14.0. The predicted molar refractivity (Wildman–Crippen MR) is 98.5 cm³/mol. The Morgan fingerprint density at radius 2 is 1.82 bits per heavy atom. The molecular weight excluding hydrogens is 362 g/mol. The van der Waals surface area contributed by atoms with E-state index in [-0.39, 0.29) is 17.4 Å². The first-order valence-corrected chi connectivity index (χ1v) is 8.99. The van der Waals surface area contributed by atoms with Crippen LogP contribution in [0.25, 0.3) is 11.4 Å². The molecule has 0 aliphatic heterocycles. The quantitative estimate of drug-likeness (QED) is 0.641. The number of benzene rings is 2. The maximum Gasteiger partial charge on any atom is 0.177 e. The number of hydrogen-bond acceptors (Lipinski definition) is 4. The summed E-state index contributed by atoms with van der Waals surface area (Å²) in [6, 6.07) is 12.2. The highest BCUT2D eigenvalue weighted by Crippen LogP contribution is 2.42. The molecule has 0 saturated heterocycles. The predicted octanol–water partition coefficient (Wildman–Crippen LogP) is 4.74. The lowest BCUT2D eigenvalue weighted by Crippen LogP contribution is -2.29. The Morgan fingerprint density at radius 3 is 2.43 bits per heavy atom. The number of aromatic nitrogens is 3. The summed E-state index contributed by atoms with van der Waals surface area (Å²) in [4.78, 5) is 0. The summed E-state index contributed by atoms with van der Waals surface area (Å²) in [6.07, 6.45) is 1.89. The molecule has 3 aromatic rings. The topological polar surface area (TPSA) is 63.7 Å². The van der Waals surface area contributed by atoms with Gasteiger partial charge in [-0.3, -0.25) is 0 Å². The highest BCUT2D eigenvalue weighted by Gasteiger charge is 2.38. The van der Waals surface area contributed by atoms with Crippen LogP contribution in [0.3, 0.4) is 0 Å². The second kappa shape index (κ2) is 6.71. The maximum atomic E-state index is 14.6. The van der Waals surface area contributed by atoms with Gasteiger partial charge in [-0.15, -0.1) is 10.2 Å². The van der Waals surface area contributed by atoms with Gasteiger partial charge in [0.1, 0.15) is 17.4 Å². The molecule has 1 aliphatic carbocycles. The van der Waals surface area contributed by atoms with E-state index in [9.17, 15) is 8.78 Å². The molecule has 0 atom stereocenters. The van der Waals surface area contributed by atoms with Crippen LogP contribution in [0.2, 0.25) is 0 Å². The van der Waals surface area contributed by atoms with E-state index in [0.717, 1.165) is 12.8 Å². The molecule has 0 spiro atoms. The van der Waals surface area contributed by atoms with Crippen molar-refractivity contribution < 1.29 is 13.5 Å². The largest absolute Gasteiger partial charge is 0.480 e. The van der Waals surface area contributed by atoms with Gasteiger partial charge in [-0.05, 0) is 69.2 Å². The number of nitriles is 1. The van der Waals surface area contributed by atoms with Crippen molar-refractivity contribution in [3.63, 3.8) is 0 Å². The summed E-state index contributed by atoms with van der Waals surface area (Å²) in [5.41, 5.74) is -0.324. The minimum Gasteiger partial charge on any atom is -0.480 e. The average Bonchev–Trinajstić information content (AvgIpc) is 3.41. The molecule has 4 rings (SSSR count). The van der Waals surface area contributed by atoms with E-state index in [4.69, 9.17) is 10.00 Å². The fourth-order valence-electron chi connectivity index (χ4n) is 3.17. The van der Waals surface area contributed by atoms with Gasteiger partial charge in [0.25, 0.3) is 0 Å². The summed E-state index contributed by atoms with van der Waals surface area (Å²) >= 11 is 0. The van der Waals surface area contributed by atoms with Crippen molar-refractivity contribution in [3.05, 3.63) is 65.5 Å². The Hall–Kier alpha value is -3.27. The first kappa shape index (κ1) is 18.1. The fourth-order valence-corrected chi connectivity index (χ4v) is 3.17. The Labute approximate surface area is 161 Å². The number of hydrogen-bond donors (Lipinski definition) is 0. The zero-order valence-corrected chi connectivity index (χ0v) is 15.5. The molecule has 5 nitrogen and oxygen atoms in total. The minimum absolute atomic E-state index is 0.172. The highest BCUT2D eigenvalue weighted by molar-refractivity contribution is 5.58. The number of halogens is 2. The molecule has 2 aromatic carbocycles. The van der Waals surface area contributed by atoms with Crippen molar-refractivity contribution in [3.8, 4) is 23.2 Å². The van der Waals surface area contributed by atoms with Gasteiger partial charge in [0, 0.05) is 6.04 Å². The summed E-state index contributed by atoms with van der Waals surface area (Å²) in [5, 5.41) is 17.5. The van der Waals surface area contributed by atoms with Crippen LogP contribution in [0.15, 0.2) is 42.5 Å². The standard InChI is InChI=1S/C21H18F2N4O/c1-21(2,28-16-8-4-14(22)5-9-16)20-26-25-19(27(20)15-6-7-15)17-10-3-13(12-24)11-18(17)23/h3-5,8-11,15H,6-7H2,1-2H3. The molecule has 1 fully saturated rings. The van der Waals surface area contributed by atoms with Crippen LogP contribution in [-0.4, -0.2) is 14.8 Å². The number of ether oxygens (including phenoxy) is 1. The highest BCUT2D eigenvalue weighted by atomic mass is 19.1. The van der Waals surface area contributed by atoms with Crippen molar-refractivity contribution in [2.24, 2.45) is 0 Å². The molecule has 0 radical (unpaired) electrons. The zero-order chi connectivity index (χ0) is 19.9. The monoisotopic (exact) mass is 380 g/mol. The van der Waals surface area contributed by atoms with Gasteiger partial charge in [0.05, 0.1) is 17.2 Å². The zero-order valence-electron chi connectivity index (χ0n) is 15.5. The second-order valence-electron chi connectivity index (χ2n) is 7.32. The van der Waals surface area contributed by atoms with E-state index >= 15 is 0 Å². The van der Waals surface area contributed by atoms with Crippen molar-refractivity contribution >= 4 is 0 Å². The fraction of sp³-hybridized carbons (Fsp3) is 0.286. The molecule has 1 aliphatic rings. The Bertz CT molecular complexity index is 1060. The van der Waals surface area contributed by atoms with Crippen molar-refractivity contribution in [2.75, 3.05) is 0 Å². The molecule has 7 heteroatoms. The Kier molecular flexibility index (Phi) is 4.34. The lowest BCUT2D eigenvalue weighted by Gasteiger charge is -2.26. The lowest BCUT2D eigenvalue weighted by atomic mass is 10.1. The van der Waals surface area contributed by atoms with Gasteiger partial charge in [0.2, 0.25) is 0 Å². The van der Waals surface area contributed by atoms with Crippen molar-refractivity contribution in [1.29, 1.82) is 5.26 Å². The third-order valence-electron chi connectivity index (χ3n) is 4.67. The third-order valence-corrected chi connectivity index (χ3v) is 4.67. The third kappa shape index (κ3) is 3.33. The van der Waals surface area contributed by atoms with Crippen LogP contribution in [0.5, 0.6) is 5.75 Å². The van der Waals surface area contributed by atoms with Crippen molar-refractivity contribution in [1.82, 2.24) is 14.8 Å². The van der Waals surface area contributed by atoms with Gasteiger partial charge in [-0.2, -0.15) is 5.26 Å². The molecule has 0 N–H and O–H groups in total. The molecule has 1 saturated carbocycles. The van der Waals surface area contributed by atoms with Crippen LogP contribution in [0, 0.1) is 23.0 Å². The van der Waals surface area contributed by atoms with Gasteiger partial charge < -0.3 is 9.30 Å². The number of rotatable bonds is 5. The summed E-state index contributed by atoms with van der Waals surface area (Å²) in [6.45, 7) is 3.69. The van der Waals surface area contributed by atoms with Crippen molar-refractivity contribution in [2.45, 2.75) is 38.3 Å². The molecule has 1 aromatic heterocycles. The van der Waals surface area contributed by atoms with E-state index in [2.05, 4.69) is 10.2 Å². The summed E-state index contributed by atoms with van der Waals surface area (Å²) in [7, 11) is 0. The van der Waals surface area contributed by atoms with Crippen LogP contribution in [0.4, 0.5) is 8.78 Å². The molecule has 0 bridgehead atoms. The van der Waals surface area contributed by atoms with Crippen LogP contribution in [0.1, 0.15) is 44.1 Å². The molecule has 0 unspecified atom stereocenters. The minimum atomic E-state index is -0.866. The first-order chi connectivity index (χ1) is 13.4. The van der Waals surface area contributed by atoms with Crippen LogP contribution in [-0.2, 0) is 5.60 Å². The maximum absolute atomic E-state index is 14.6. The van der Waals surface area contributed by atoms with Crippen LogP contribution < -0.4 is 4.74 Å². The van der Waals surface area contributed by atoms with E-state index in [1.807, 2.05) is 24.5 Å². The molecule has 0 amide bonds. The average molecular weight is 380 g/mol. The van der Waals surface area contributed by atoms with Gasteiger partial charge in [0.15, 0.2) is 17.2 Å². The molecule has 142 valence electrons. The van der Waals surface area contributed by atoms with Gasteiger partial charge >= 0.3 is 0 Å². The lowest BCUT2D eigenvalue weighted by molar-refractivity contribution is 0.0936. The smallest absolute Gasteiger partial charge is 0.177 e. The second-order valence-corrected chi connectivity index (χ2v) is 7.32. The summed E-state index contributed by atoms with van der Waals surface area (Å²) < 4.78 is 35.7. The van der Waals surface area contributed by atoms with E-state index < -0.39 is 11.4 Å². The van der Waals surface area contributed by atoms with E-state index in [1.54, 1.807) is 24.3 Å². The molecular formula is C21H18F2N4O. The molecule has 28 heavy (non-hydrogen) atoms. The Balaban J connectivity index is 1.75. The van der Waals surface area contributed by atoms with E-state index in [1.165, 1.54) is 18.2 Å². The Morgan fingerprint density at radius 1 is 1.11 bits per heavy atom. The van der Waals surface area contributed by atoms with Crippen LogP contribution >= 0.6 is 0 Å². The molecule has 1 heterocycles. The van der Waals surface area contributed by atoms with Gasteiger partial charge in [-0.1, -0.05) is 0 Å². The SMILES string of the molecule is CC(C)(Oc1ccc(F)cc1)c1nnc(-c2ccc(C#N)cc2F)n1C1CC1. The van der Waals surface area contributed by atoms with E-state index in [0.29, 0.717) is 23.0 Å². The summed E-state index contributed by atoms with van der Waals surface area (Å²) in [5.74, 6) is 0.623.